The van der Waals surface area contributed by atoms with Gasteiger partial charge in [-0.3, -0.25) is 9.48 Å². The van der Waals surface area contributed by atoms with Gasteiger partial charge in [0.25, 0.3) is 5.91 Å². The van der Waals surface area contributed by atoms with Crippen molar-refractivity contribution < 1.29 is 9.90 Å². The third-order valence-electron chi connectivity index (χ3n) is 6.80. The molecular weight excluding hydrogens is 376 g/mol. The zero-order chi connectivity index (χ0) is 21.3. The normalized spacial score (nSPS) is 23.9. The highest BCUT2D eigenvalue weighted by molar-refractivity contribution is 5.93. The summed E-state index contributed by atoms with van der Waals surface area (Å²) >= 11 is 0. The SMILES string of the molecule is CCCc1cc(C(=O)N2C[C@@H]3CN(CCCO)C[C@@H]3[C@H]2c2ccccc2C)n(C)n1. The molecule has 0 radical (unpaired) electrons. The molecule has 0 bridgehead atoms. The van der Waals surface area contributed by atoms with Crippen molar-refractivity contribution in [2.75, 3.05) is 32.8 Å². The second kappa shape index (κ2) is 8.90. The van der Waals surface area contributed by atoms with Gasteiger partial charge in [0.2, 0.25) is 0 Å². The smallest absolute Gasteiger partial charge is 0.272 e. The van der Waals surface area contributed by atoms with Crippen molar-refractivity contribution in [3.63, 3.8) is 0 Å². The Morgan fingerprint density at radius 3 is 2.77 bits per heavy atom. The molecule has 2 fully saturated rings. The number of likely N-dealkylation sites (tertiary alicyclic amines) is 2. The van der Waals surface area contributed by atoms with E-state index in [1.54, 1.807) is 4.68 Å². The quantitative estimate of drug-likeness (QED) is 0.763. The molecule has 1 N–H and O–H groups in total. The number of aromatic nitrogens is 2. The average molecular weight is 411 g/mol. The molecule has 2 aliphatic rings. The van der Waals surface area contributed by atoms with Crippen molar-refractivity contribution >= 4 is 5.91 Å². The first-order valence-electron chi connectivity index (χ1n) is 11.3. The van der Waals surface area contributed by atoms with E-state index < -0.39 is 0 Å². The molecule has 162 valence electrons. The zero-order valence-electron chi connectivity index (χ0n) is 18.4. The maximum absolute atomic E-state index is 13.7. The summed E-state index contributed by atoms with van der Waals surface area (Å²) in [5.74, 6) is 0.995. The molecule has 0 spiro atoms. The third-order valence-corrected chi connectivity index (χ3v) is 6.80. The highest BCUT2D eigenvalue weighted by Gasteiger charge is 2.49. The predicted octanol–water partition coefficient (Wildman–Crippen LogP) is 2.81. The first-order chi connectivity index (χ1) is 14.5. The Hall–Kier alpha value is -2.18. The van der Waals surface area contributed by atoms with Gasteiger partial charge in [-0.15, -0.1) is 0 Å². The number of amides is 1. The predicted molar refractivity (Wildman–Crippen MR) is 117 cm³/mol. The van der Waals surface area contributed by atoms with Crippen molar-refractivity contribution in [3.8, 4) is 0 Å². The van der Waals surface area contributed by atoms with Gasteiger partial charge in [-0.05, 0) is 42.9 Å². The molecule has 3 atom stereocenters. The molecule has 0 aliphatic carbocycles. The molecular formula is C24H34N4O2. The van der Waals surface area contributed by atoms with Gasteiger partial charge in [0, 0.05) is 45.8 Å². The minimum Gasteiger partial charge on any atom is -0.396 e. The fourth-order valence-corrected chi connectivity index (χ4v) is 5.39. The number of hydrogen-bond donors (Lipinski definition) is 1. The number of carbonyl (C=O) groups is 1. The van der Waals surface area contributed by atoms with Gasteiger partial charge < -0.3 is 14.9 Å². The van der Waals surface area contributed by atoms with E-state index >= 15 is 0 Å². The first kappa shape index (κ1) is 21.1. The summed E-state index contributed by atoms with van der Waals surface area (Å²) in [7, 11) is 1.88. The molecule has 1 aromatic heterocycles. The van der Waals surface area contributed by atoms with E-state index in [4.69, 9.17) is 0 Å². The summed E-state index contributed by atoms with van der Waals surface area (Å²) < 4.78 is 1.75. The Balaban J connectivity index is 1.64. The Morgan fingerprint density at radius 1 is 1.23 bits per heavy atom. The van der Waals surface area contributed by atoms with Crippen molar-refractivity contribution in [2.45, 2.75) is 39.2 Å². The first-order valence-corrected chi connectivity index (χ1v) is 11.3. The number of rotatable bonds is 7. The average Bonchev–Trinajstić information content (AvgIpc) is 3.39. The van der Waals surface area contributed by atoms with E-state index in [9.17, 15) is 9.90 Å². The van der Waals surface area contributed by atoms with Gasteiger partial charge in [-0.1, -0.05) is 37.6 Å². The van der Waals surface area contributed by atoms with Gasteiger partial charge in [0.1, 0.15) is 5.69 Å². The lowest BCUT2D eigenvalue weighted by atomic mass is 9.87. The topological polar surface area (TPSA) is 61.6 Å². The van der Waals surface area contributed by atoms with Crippen LogP contribution in [0.2, 0.25) is 0 Å². The van der Waals surface area contributed by atoms with Gasteiger partial charge >= 0.3 is 0 Å². The number of fused-ring (bicyclic) bond motifs is 1. The second-order valence-corrected chi connectivity index (χ2v) is 8.91. The number of carbonyl (C=O) groups excluding carboxylic acids is 1. The van der Waals surface area contributed by atoms with Crippen LogP contribution in [0, 0.1) is 18.8 Å². The van der Waals surface area contributed by atoms with Crippen LogP contribution in [0.4, 0.5) is 0 Å². The fraction of sp³-hybridized carbons (Fsp3) is 0.583. The molecule has 0 unspecified atom stereocenters. The number of aryl methyl sites for hydroxylation is 3. The number of aliphatic hydroxyl groups is 1. The molecule has 1 amide bonds. The molecule has 2 aliphatic heterocycles. The Morgan fingerprint density at radius 2 is 2.03 bits per heavy atom. The molecule has 0 saturated carbocycles. The van der Waals surface area contributed by atoms with E-state index in [1.165, 1.54) is 11.1 Å². The van der Waals surface area contributed by atoms with E-state index in [1.807, 2.05) is 13.1 Å². The van der Waals surface area contributed by atoms with Crippen LogP contribution in [-0.4, -0.2) is 63.4 Å². The largest absolute Gasteiger partial charge is 0.396 e. The number of aliphatic hydroxyl groups excluding tert-OH is 1. The molecule has 3 heterocycles. The highest BCUT2D eigenvalue weighted by atomic mass is 16.3. The molecule has 6 heteroatoms. The fourth-order valence-electron chi connectivity index (χ4n) is 5.39. The van der Waals surface area contributed by atoms with Gasteiger partial charge in [0.15, 0.2) is 0 Å². The van der Waals surface area contributed by atoms with Crippen molar-refractivity contribution in [2.24, 2.45) is 18.9 Å². The summed E-state index contributed by atoms with van der Waals surface area (Å²) in [4.78, 5) is 18.2. The summed E-state index contributed by atoms with van der Waals surface area (Å²) in [6.07, 6.45) is 2.73. The van der Waals surface area contributed by atoms with Crippen LogP contribution in [0.15, 0.2) is 30.3 Å². The van der Waals surface area contributed by atoms with Gasteiger partial charge in [-0.2, -0.15) is 5.10 Å². The maximum Gasteiger partial charge on any atom is 0.272 e. The molecule has 2 saturated heterocycles. The molecule has 4 rings (SSSR count). The standard InChI is InChI=1S/C24H34N4O2/c1-4-8-19-13-22(26(3)25-19)24(30)28-15-18-14-27(11-7-12-29)16-21(18)23(28)20-10-6-5-9-17(20)2/h5-6,9-10,13,18,21,23,29H,4,7-8,11-12,14-16H2,1-3H3/t18-,21-,23+/m0/s1. The number of hydrogen-bond acceptors (Lipinski definition) is 4. The molecule has 1 aromatic carbocycles. The van der Waals surface area contributed by atoms with Crippen molar-refractivity contribution in [1.29, 1.82) is 0 Å². The lowest BCUT2D eigenvalue weighted by molar-refractivity contribution is 0.0688. The minimum atomic E-state index is 0.0901. The zero-order valence-corrected chi connectivity index (χ0v) is 18.4. The lowest BCUT2D eigenvalue weighted by Crippen LogP contribution is -2.37. The van der Waals surface area contributed by atoms with Gasteiger partial charge in [-0.25, -0.2) is 0 Å². The van der Waals surface area contributed by atoms with Crippen LogP contribution in [0.1, 0.15) is 53.1 Å². The Bertz CT molecular complexity index is 893. The molecule has 6 nitrogen and oxygen atoms in total. The second-order valence-electron chi connectivity index (χ2n) is 8.91. The lowest BCUT2D eigenvalue weighted by Gasteiger charge is -2.31. The summed E-state index contributed by atoms with van der Waals surface area (Å²) in [6.45, 7) is 8.22. The van der Waals surface area contributed by atoms with E-state index in [2.05, 4.69) is 53.0 Å². The Labute approximate surface area is 179 Å². The number of benzene rings is 1. The van der Waals surface area contributed by atoms with Crippen LogP contribution >= 0.6 is 0 Å². The van der Waals surface area contributed by atoms with Crippen LogP contribution < -0.4 is 0 Å². The van der Waals surface area contributed by atoms with E-state index in [-0.39, 0.29) is 18.6 Å². The van der Waals surface area contributed by atoms with Crippen molar-refractivity contribution in [3.05, 3.63) is 52.8 Å². The highest BCUT2D eigenvalue weighted by Crippen LogP contribution is 2.46. The maximum atomic E-state index is 13.7. The summed E-state index contributed by atoms with van der Waals surface area (Å²) in [6, 6.07) is 10.5. The molecule has 30 heavy (non-hydrogen) atoms. The summed E-state index contributed by atoms with van der Waals surface area (Å²) in [5.41, 5.74) is 4.18. The third kappa shape index (κ3) is 3.91. The van der Waals surface area contributed by atoms with Crippen molar-refractivity contribution in [1.82, 2.24) is 19.6 Å². The van der Waals surface area contributed by atoms with Crippen LogP contribution in [0.3, 0.4) is 0 Å². The van der Waals surface area contributed by atoms with Crippen LogP contribution in [0.25, 0.3) is 0 Å². The monoisotopic (exact) mass is 410 g/mol. The van der Waals surface area contributed by atoms with E-state index in [0.717, 1.165) is 51.1 Å². The Kier molecular flexibility index (Phi) is 6.25. The van der Waals surface area contributed by atoms with Crippen LogP contribution in [-0.2, 0) is 13.5 Å². The minimum absolute atomic E-state index is 0.0901. The van der Waals surface area contributed by atoms with Crippen LogP contribution in [0.5, 0.6) is 0 Å². The van der Waals surface area contributed by atoms with E-state index in [0.29, 0.717) is 17.5 Å². The number of nitrogens with zero attached hydrogens (tertiary/aromatic N) is 4. The summed E-state index contributed by atoms with van der Waals surface area (Å²) in [5, 5.41) is 13.8. The van der Waals surface area contributed by atoms with Gasteiger partial charge in [0.05, 0.1) is 11.7 Å². The molecule has 2 aromatic rings.